The first kappa shape index (κ1) is 14.3. The molecular weight excluding hydrogens is 256 g/mol. The summed E-state index contributed by atoms with van der Waals surface area (Å²) < 4.78 is 11.0. The molecule has 0 aromatic carbocycles. The third kappa shape index (κ3) is 3.51. The number of carbonyl (C=O) groups excluding carboxylic acids is 1. The molecule has 0 radical (unpaired) electrons. The first-order chi connectivity index (χ1) is 9.83. The van der Waals surface area contributed by atoms with E-state index in [9.17, 15) is 4.79 Å². The Balaban J connectivity index is 1.41. The van der Waals surface area contributed by atoms with Gasteiger partial charge in [-0.05, 0) is 43.1 Å². The highest BCUT2D eigenvalue weighted by atomic mass is 16.5. The Morgan fingerprint density at radius 3 is 2.85 bits per heavy atom. The minimum absolute atomic E-state index is 0.192. The Labute approximate surface area is 120 Å². The van der Waals surface area contributed by atoms with Crippen molar-refractivity contribution in [3.05, 3.63) is 0 Å². The molecule has 0 unspecified atom stereocenters. The average Bonchev–Trinajstić information content (AvgIpc) is 2.96. The molecule has 2 N–H and O–H groups in total. The summed E-state index contributed by atoms with van der Waals surface area (Å²) in [6, 6.07) is 0. The fraction of sp³-hybridized carbons (Fsp3) is 0.933. The van der Waals surface area contributed by atoms with E-state index >= 15 is 0 Å². The fourth-order valence-electron chi connectivity index (χ4n) is 3.71. The summed E-state index contributed by atoms with van der Waals surface area (Å²) in [7, 11) is 0. The number of hydrogen-bond acceptors (Lipinski definition) is 4. The second kappa shape index (κ2) is 6.87. The maximum atomic E-state index is 12.1. The molecule has 5 heteroatoms. The standard InChI is InChI=1S/C15H26N2O3/c18-15(17-6-11-1-3-19-4-2-11)5-12-9-20-10-13-7-16-8-14(12)13/h11-14,16H,1-10H2,(H,17,18)/t12-,13-,14+/m1/s1. The van der Waals surface area contributed by atoms with Crippen LogP contribution in [0.3, 0.4) is 0 Å². The van der Waals surface area contributed by atoms with Crippen LogP contribution in [0.25, 0.3) is 0 Å². The lowest BCUT2D eigenvalue weighted by Gasteiger charge is -2.32. The molecule has 3 fully saturated rings. The highest BCUT2D eigenvalue weighted by molar-refractivity contribution is 5.76. The van der Waals surface area contributed by atoms with Gasteiger partial charge in [0.05, 0.1) is 13.2 Å². The molecule has 3 heterocycles. The van der Waals surface area contributed by atoms with Gasteiger partial charge in [-0.3, -0.25) is 4.79 Å². The summed E-state index contributed by atoms with van der Waals surface area (Å²) in [5, 5.41) is 6.53. The van der Waals surface area contributed by atoms with Gasteiger partial charge in [0.15, 0.2) is 0 Å². The zero-order valence-electron chi connectivity index (χ0n) is 12.1. The molecule has 3 atom stereocenters. The number of rotatable bonds is 4. The van der Waals surface area contributed by atoms with Crippen molar-refractivity contribution in [3.8, 4) is 0 Å². The van der Waals surface area contributed by atoms with Gasteiger partial charge in [-0.1, -0.05) is 0 Å². The summed E-state index contributed by atoms with van der Waals surface area (Å²) in [5.41, 5.74) is 0. The van der Waals surface area contributed by atoms with Gasteiger partial charge in [-0.25, -0.2) is 0 Å². The van der Waals surface area contributed by atoms with Crippen molar-refractivity contribution >= 4 is 5.91 Å². The molecule has 5 nitrogen and oxygen atoms in total. The van der Waals surface area contributed by atoms with E-state index in [2.05, 4.69) is 10.6 Å². The third-order valence-corrected chi connectivity index (χ3v) is 5.04. The molecule has 3 aliphatic rings. The van der Waals surface area contributed by atoms with Gasteiger partial charge in [0, 0.05) is 32.7 Å². The van der Waals surface area contributed by atoms with Crippen molar-refractivity contribution < 1.29 is 14.3 Å². The Morgan fingerprint density at radius 2 is 2.00 bits per heavy atom. The molecule has 0 saturated carbocycles. The van der Waals surface area contributed by atoms with Crippen LogP contribution in [0.1, 0.15) is 19.3 Å². The van der Waals surface area contributed by atoms with Crippen LogP contribution in [-0.2, 0) is 14.3 Å². The minimum atomic E-state index is 0.192. The van der Waals surface area contributed by atoms with Crippen molar-refractivity contribution in [2.75, 3.05) is 46.1 Å². The summed E-state index contributed by atoms with van der Waals surface area (Å²) in [6.07, 6.45) is 2.76. The molecule has 0 spiro atoms. The molecule has 3 aliphatic heterocycles. The van der Waals surface area contributed by atoms with Gasteiger partial charge >= 0.3 is 0 Å². The molecule has 0 aromatic heterocycles. The number of fused-ring (bicyclic) bond motifs is 1. The molecule has 1 amide bonds. The highest BCUT2D eigenvalue weighted by Gasteiger charge is 2.38. The van der Waals surface area contributed by atoms with Crippen LogP contribution in [0, 0.1) is 23.7 Å². The van der Waals surface area contributed by atoms with Crippen molar-refractivity contribution in [1.82, 2.24) is 10.6 Å². The summed E-state index contributed by atoms with van der Waals surface area (Å²) >= 11 is 0. The molecule has 0 aromatic rings. The highest BCUT2D eigenvalue weighted by Crippen LogP contribution is 2.31. The Hall–Kier alpha value is -0.650. The summed E-state index contributed by atoms with van der Waals surface area (Å²) in [6.45, 7) is 6.18. The van der Waals surface area contributed by atoms with E-state index in [1.807, 2.05) is 0 Å². The van der Waals surface area contributed by atoms with E-state index in [1.54, 1.807) is 0 Å². The topological polar surface area (TPSA) is 59.6 Å². The second-order valence-corrected chi connectivity index (χ2v) is 6.44. The van der Waals surface area contributed by atoms with Crippen LogP contribution in [0.5, 0.6) is 0 Å². The van der Waals surface area contributed by atoms with E-state index in [-0.39, 0.29) is 5.91 Å². The minimum Gasteiger partial charge on any atom is -0.381 e. The third-order valence-electron chi connectivity index (χ3n) is 5.04. The van der Waals surface area contributed by atoms with E-state index in [1.165, 1.54) is 0 Å². The number of ether oxygens (including phenoxy) is 2. The van der Waals surface area contributed by atoms with E-state index in [0.29, 0.717) is 30.1 Å². The lowest BCUT2D eigenvalue weighted by molar-refractivity contribution is -0.124. The monoisotopic (exact) mass is 282 g/mol. The summed E-state index contributed by atoms with van der Waals surface area (Å²) in [4.78, 5) is 12.1. The molecule has 3 rings (SSSR count). The van der Waals surface area contributed by atoms with E-state index in [4.69, 9.17) is 9.47 Å². The smallest absolute Gasteiger partial charge is 0.220 e. The first-order valence-electron chi connectivity index (χ1n) is 7.96. The van der Waals surface area contributed by atoms with Gasteiger partial charge in [0.1, 0.15) is 0 Å². The predicted octanol–water partition coefficient (Wildman–Crippen LogP) is 0.401. The van der Waals surface area contributed by atoms with Gasteiger partial charge in [0.2, 0.25) is 5.91 Å². The lowest BCUT2D eigenvalue weighted by atomic mass is 9.81. The van der Waals surface area contributed by atoms with Crippen LogP contribution >= 0.6 is 0 Å². The van der Waals surface area contributed by atoms with Gasteiger partial charge < -0.3 is 20.1 Å². The normalized spacial score (nSPS) is 34.7. The van der Waals surface area contributed by atoms with Gasteiger partial charge in [-0.15, -0.1) is 0 Å². The first-order valence-corrected chi connectivity index (χ1v) is 7.96. The number of hydrogen-bond donors (Lipinski definition) is 2. The lowest BCUT2D eigenvalue weighted by Crippen LogP contribution is -2.39. The predicted molar refractivity (Wildman–Crippen MR) is 75.3 cm³/mol. The molecule has 0 bridgehead atoms. The fourth-order valence-corrected chi connectivity index (χ4v) is 3.71. The van der Waals surface area contributed by atoms with Gasteiger partial charge in [0.25, 0.3) is 0 Å². The number of amides is 1. The van der Waals surface area contributed by atoms with Gasteiger partial charge in [-0.2, -0.15) is 0 Å². The molecular formula is C15H26N2O3. The van der Waals surface area contributed by atoms with Crippen LogP contribution < -0.4 is 10.6 Å². The largest absolute Gasteiger partial charge is 0.381 e. The van der Waals surface area contributed by atoms with Crippen molar-refractivity contribution in [1.29, 1.82) is 0 Å². The Bertz CT molecular complexity index is 331. The Morgan fingerprint density at radius 1 is 1.15 bits per heavy atom. The van der Waals surface area contributed by atoms with Crippen LogP contribution in [0.2, 0.25) is 0 Å². The quantitative estimate of drug-likeness (QED) is 0.784. The molecule has 20 heavy (non-hydrogen) atoms. The molecule has 114 valence electrons. The van der Waals surface area contributed by atoms with Crippen LogP contribution in [-0.4, -0.2) is 52.0 Å². The molecule has 3 saturated heterocycles. The Kier molecular flexibility index (Phi) is 4.91. The van der Waals surface area contributed by atoms with E-state index < -0.39 is 0 Å². The van der Waals surface area contributed by atoms with Crippen LogP contribution in [0.4, 0.5) is 0 Å². The van der Waals surface area contributed by atoms with E-state index in [0.717, 1.165) is 58.9 Å². The summed E-state index contributed by atoms with van der Waals surface area (Å²) in [5.74, 6) is 2.40. The average molecular weight is 282 g/mol. The maximum absolute atomic E-state index is 12.1. The van der Waals surface area contributed by atoms with Crippen molar-refractivity contribution in [2.24, 2.45) is 23.7 Å². The zero-order chi connectivity index (χ0) is 13.8. The van der Waals surface area contributed by atoms with Crippen LogP contribution in [0.15, 0.2) is 0 Å². The zero-order valence-corrected chi connectivity index (χ0v) is 12.1. The molecule has 0 aliphatic carbocycles. The number of carbonyl (C=O) groups is 1. The SMILES string of the molecule is O=C(C[C@@H]1COC[C@H]2CNC[C@H]21)NCC1CCOCC1. The van der Waals surface area contributed by atoms with Crippen molar-refractivity contribution in [2.45, 2.75) is 19.3 Å². The number of nitrogens with one attached hydrogen (secondary N) is 2. The maximum Gasteiger partial charge on any atom is 0.220 e. The second-order valence-electron chi connectivity index (χ2n) is 6.44. The van der Waals surface area contributed by atoms with Crippen molar-refractivity contribution in [3.63, 3.8) is 0 Å².